The van der Waals surface area contributed by atoms with Crippen molar-refractivity contribution in [3.05, 3.63) is 46.5 Å². The fourth-order valence-corrected chi connectivity index (χ4v) is 1.95. The minimum Gasteiger partial charge on any atom is -0.504 e. The van der Waals surface area contributed by atoms with Gasteiger partial charge in [0.15, 0.2) is 23.0 Å². The molecule has 0 aromatic heterocycles. The quantitative estimate of drug-likeness (QED) is 0.690. The molecule has 0 saturated carbocycles. The van der Waals surface area contributed by atoms with Gasteiger partial charge < -0.3 is 19.3 Å². The Morgan fingerprint density at radius 3 is 2.43 bits per heavy atom. The number of phenolic OH excluding ortho intramolecular Hbond substituents is 1. The van der Waals surface area contributed by atoms with Crippen LogP contribution in [-0.4, -0.2) is 23.2 Å². The summed E-state index contributed by atoms with van der Waals surface area (Å²) in [4.78, 5) is 10.6. The summed E-state index contributed by atoms with van der Waals surface area (Å²) < 4.78 is 16.1. The number of para-hydroxylation sites is 2. The smallest absolute Gasteiger partial charge is 0.315 e. The maximum Gasteiger partial charge on any atom is 0.315 e. The first-order valence-corrected chi connectivity index (χ1v) is 6.19. The summed E-state index contributed by atoms with van der Waals surface area (Å²) in [6.07, 6.45) is 0. The summed E-state index contributed by atoms with van der Waals surface area (Å²) in [6.45, 7) is 0.699. The zero-order chi connectivity index (χ0) is 14.8. The second-order valence-corrected chi connectivity index (χ2v) is 4.29. The van der Waals surface area contributed by atoms with E-state index in [1.54, 1.807) is 12.1 Å². The highest BCUT2D eigenvalue weighted by Crippen LogP contribution is 2.43. The van der Waals surface area contributed by atoms with Crippen molar-refractivity contribution >= 4 is 5.69 Å². The molecule has 1 N–H and O–H groups in total. The number of nitro groups is 1. The number of hydrogen-bond donors (Lipinski definition) is 1. The van der Waals surface area contributed by atoms with Crippen LogP contribution in [0.25, 0.3) is 0 Å². The van der Waals surface area contributed by atoms with E-state index in [4.69, 9.17) is 14.2 Å². The van der Waals surface area contributed by atoms with Crippen LogP contribution < -0.4 is 14.2 Å². The molecule has 0 radical (unpaired) electrons. The third-order valence-electron chi connectivity index (χ3n) is 2.91. The van der Waals surface area contributed by atoms with Gasteiger partial charge in [-0.1, -0.05) is 12.1 Å². The molecule has 3 rings (SSSR count). The summed E-state index contributed by atoms with van der Waals surface area (Å²) >= 11 is 0. The van der Waals surface area contributed by atoms with Crippen LogP contribution in [0.5, 0.6) is 28.7 Å². The number of nitro benzene ring substituents is 1. The zero-order valence-corrected chi connectivity index (χ0v) is 10.8. The number of benzene rings is 2. The molecule has 7 heteroatoms. The lowest BCUT2D eigenvalue weighted by Crippen LogP contribution is -2.15. The largest absolute Gasteiger partial charge is 0.504 e. The molecule has 0 unspecified atom stereocenters. The predicted octanol–water partition coefficient (Wildman–Crippen LogP) is 2.86. The van der Waals surface area contributed by atoms with Crippen LogP contribution in [0.1, 0.15) is 0 Å². The number of phenols is 1. The average molecular weight is 289 g/mol. The number of aromatic hydroxyl groups is 1. The van der Waals surface area contributed by atoms with Crippen molar-refractivity contribution in [3.63, 3.8) is 0 Å². The van der Waals surface area contributed by atoms with Crippen LogP contribution in [0.4, 0.5) is 5.69 Å². The van der Waals surface area contributed by atoms with Crippen molar-refractivity contribution < 1.29 is 24.2 Å². The molecule has 0 bridgehead atoms. The average Bonchev–Trinajstić information content (AvgIpc) is 2.48. The van der Waals surface area contributed by atoms with Crippen LogP contribution in [0, 0.1) is 10.1 Å². The lowest BCUT2D eigenvalue weighted by molar-refractivity contribution is -0.385. The van der Waals surface area contributed by atoms with Crippen molar-refractivity contribution in [1.82, 2.24) is 0 Å². The number of fused-ring (bicyclic) bond motifs is 1. The summed E-state index contributed by atoms with van der Waals surface area (Å²) in [5.41, 5.74) is -0.262. The predicted molar refractivity (Wildman–Crippen MR) is 72.3 cm³/mol. The molecule has 1 aliphatic heterocycles. The normalized spacial score (nSPS) is 12.8. The Bertz CT molecular complexity index is 700. The molecule has 0 spiro atoms. The summed E-state index contributed by atoms with van der Waals surface area (Å²) in [7, 11) is 0. The third-order valence-corrected chi connectivity index (χ3v) is 2.91. The summed E-state index contributed by atoms with van der Waals surface area (Å²) in [6, 6.07) is 8.86. The Kier molecular flexibility index (Phi) is 3.23. The van der Waals surface area contributed by atoms with Crippen molar-refractivity contribution in [1.29, 1.82) is 0 Å². The standard InChI is InChI=1S/C14H11NO6/c16-10-3-1-2-4-11(10)21-12-8-14-13(19-5-6-20-14)7-9(12)15(17)18/h1-4,7-8,16H,5-6H2. The highest BCUT2D eigenvalue weighted by atomic mass is 16.6. The molecule has 21 heavy (non-hydrogen) atoms. The van der Waals surface area contributed by atoms with Crippen LogP contribution >= 0.6 is 0 Å². The number of rotatable bonds is 3. The summed E-state index contributed by atoms with van der Waals surface area (Å²) in [5, 5.41) is 20.8. The molecule has 0 aliphatic carbocycles. The van der Waals surface area contributed by atoms with Gasteiger partial charge in [0, 0.05) is 6.07 Å². The third kappa shape index (κ3) is 2.53. The van der Waals surface area contributed by atoms with Crippen molar-refractivity contribution in [2.75, 3.05) is 13.2 Å². The van der Waals surface area contributed by atoms with E-state index in [1.807, 2.05) is 0 Å². The minimum absolute atomic E-state index is 0.0225. The van der Waals surface area contributed by atoms with E-state index in [-0.39, 0.29) is 22.9 Å². The lowest BCUT2D eigenvalue weighted by atomic mass is 10.2. The number of ether oxygens (including phenoxy) is 3. The van der Waals surface area contributed by atoms with Gasteiger partial charge in [-0.3, -0.25) is 10.1 Å². The van der Waals surface area contributed by atoms with Gasteiger partial charge >= 0.3 is 5.69 Å². The molecule has 0 amide bonds. The van der Waals surface area contributed by atoms with E-state index < -0.39 is 4.92 Å². The van der Waals surface area contributed by atoms with E-state index in [9.17, 15) is 15.2 Å². The van der Waals surface area contributed by atoms with Crippen molar-refractivity contribution in [2.24, 2.45) is 0 Å². The van der Waals surface area contributed by atoms with Gasteiger partial charge in [0.1, 0.15) is 13.2 Å². The first kappa shape index (κ1) is 13.0. The molecule has 0 atom stereocenters. The maximum atomic E-state index is 11.1. The van der Waals surface area contributed by atoms with Crippen LogP contribution in [0.3, 0.4) is 0 Å². The Morgan fingerprint density at radius 1 is 1.10 bits per heavy atom. The van der Waals surface area contributed by atoms with Gasteiger partial charge in [-0.15, -0.1) is 0 Å². The molecule has 1 aliphatic rings. The number of nitrogens with zero attached hydrogens (tertiary/aromatic N) is 1. The van der Waals surface area contributed by atoms with Crippen molar-refractivity contribution in [2.45, 2.75) is 0 Å². The second kappa shape index (κ2) is 5.20. The molecule has 7 nitrogen and oxygen atoms in total. The maximum absolute atomic E-state index is 11.1. The molecule has 2 aromatic carbocycles. The Labute approximate surface area is 119 Å². The van der Waals surface area contributed by atoms with E-state index in [0.29, 0.717) is 24.7 Å². The van der Waals surface area contributed by atoms with Crippen molar-refractivity contribution in [3.8, 4) is 28.7 Å². The Hall–Kier alpha value is -2.96. The monoisotopic (exact) mass is 289 g/mol. The molecule has 0 fully saturated rings. The first-order valence-electron chi connectivity index (χ1n) is 6.19. The van der Waals surface area contributed by atoms with Gasteiger partial charge in [-0.2, -0.15) is 0 Å². The highest BCUT2D eigenvalue weighted by molar-refractivity contribution is 5.60. The highest BCUT2D eigenvalue weighted by Gasteiger charge is 2.24. The van der Waals surface area contributed by atoms with Crippen LogP contribution in [-0.2, 0) is 0 Å². The molecule has 0 saturated heterocycles. The van der Waals surface area contributed by atoms with E-state index in [1.165, 1.54) is 24.3 Å². The van der Waals surface area contributed by atoms with Crippen LogP contribution in [0.15, 0.2) is 36.4 Å². The van der Waals surface area contributed by atoms with Gasteiger partial charge in [-0.05, 0) is 12.1 Å². The number of hydrogen-bond acceptors (Lipinski definition) is 6. The fraction of sp³-hybridized carbons (Fsp3) is 0.143. The molecule has 2 aromatic rings. The fourth-order valence-electron chi connectivity index (χ4n) is 1.95. The molecular formula is C14H11NO6. The second-order valence-electron chi connectivity index (χ2n) is 4.29. The molecule has 108 valence electrons. The Balaban J connectivity index is 2.04. The van der Waals surface area contributed by atoms with E-state index in [2.05, 4.69) is 0 Å². The molecule has 1 heterocycles. The van der Waals surface area contributed by atoms with Gasteiger partial charge in [0.25, 0.3) is 0 Å². The first-order chi connectivity index (χ1) is 10.1. The SMILES string of the molecule is O=[N+]([O-])c1cc2c(cc1Oc1ccccc1O)OCCO2. The van der Waals surface area contributed by atoms with Gasteiger partial charge in [0.2, 0.25) is 5.75 Å². The molecular weight excluding hydrogens is 278 g/mol. The van der Waals surface area contributed by atoms with E-state index in [0.717, 1.165) is 0 Å². The van der Waals surface area contributed by atoms with Crippen LogP contribution in [0.2, 0.25) is 0 Å². The van der Waals surface area contributed by atoms with Gasteiger partial charge in [0.05, 0.1) is 11.0 Å². The minimum atomic E-state index is -0.576. The van der Waals surface area contributed by atoms with Gasteiger partial charge in [-0.25, -0.2) is 0 Å². The van der Waals surface area contributed by atoms with E-state index >= 15 is 0 Å². The summed E-state index contributed by atoms with van der Waals surface area (Å²) in [5.74, 6) is 0.666. The zero-order valence-electron chi connectivity index (χ0n) is 10.8. The Morgan fingerprint density at radius 2 is 1.76 bits per heavy atom. The lowest BCUT2D eigenvalue weighted by Gasteiger charge is -2.19. The topological polar surface area (TPSA) is 91.1 Å².